The number of aryl methyl sites for hydroxylation is 1. The van der Waals surface area contributed by atoms with E-state index in [4.69, 9.17) is 11.6 Å². The molecule has 108 valence electrons. The van der Waals surface area contributed by atoms with Gasteiger partial charge in [0.05, 0.1) is 11.7 Å². The molecule has 1 aromatic carbocycles. The number of hydrogen-bond donors (Lipinski definition) is 1. The van der Waals surface area contributed by atoms with Crippen LogP contribution in [0.4, 0.5) is 5.95 Å². The lowest BCUT2D eigenvalue weighted by atomic mass is 10.1. The summed E-state index contributed by atoms with van der Waals surface area (Å²) in [5.74, 6) is 1.51. The van der Waals surface area contributed by atoms with Crippen LogP contribution in [0, 0.1) is 12.8 Å². The van der Waals surface area contributed by atoms with Crippen LogP contribution in [0.3, 0.4) is 0 Å². The van der Waals surface area contributed by atoms with Gasteiger partial charge in [-0.1, -0.05) is 37.6 Å². The molecule has 1 atom stereocenters. The summed E-state index contributed by atoms with van der Waals surface area (Å²) in [5.41, 5.74) is 2.20. The number of rotatable bonds is 5. The first-order chi connectivity index (χ1) is 9.45. The number of anilines is 1. The van der Waals surface area contributed by atoms with Gasteiger partial charge in [0.15, 0.2) is 0 Å². The molecule has 0 bridgehead atoms. The molecule has 0 aliphatic carbocycles. The number of nitrogens with one attached hydrogen (secondary N) is 1. The molecule has 0 saturated heterocycles. The van der Waals surface area contributed by atoms with Crippen molar-refractivity contribution in [1.82, 2.24) is 9.55 Å². The molecule has 0 amide bonds. The Morgan fingerprint density at radius 1 is 1.30 bits per heavy atom. The summed E-state index contributed by atoms with van der Waals surface area (Å²) in [6.45, 7) is 9.52. The summed E-state index contributed by atoms with van der Waals surface area (Å²) in [6.07, 6.45) is 2.09. The van der Waals surface area contributed by atoms with Crippen molar-refractivity contribution in [3.63, 3.8) is 0 Å². The van der Waals surface area contributed by atoms with E-state index in [1.807, 2.05) is 25.1 Å². The molecule has 2 aromatic rings. The van der Waals surface area contributed by atoms with Crippen LogP contribution in [0.15, 0.2) is 30.5 Å². The minimum absolute atomic E-state index is 0.168. The highest BCUT2D eigenvalue weighted by atomic mass is 35.5. The van der Waals surface area contributed by atoms with Crippen LogP contribution >= 0.6 is 11.6 Å². The SMILES string of the molecule is Cc1cn(CC(C)C)c(NC(C)c2cccc(Cl)c2)n1. The zero-order valence-electron chi connectivity index (χ0n) is 12.5. The minimum Gasteiger partial charge on any atom is -0.349 e. The van der Waals surface area contributed by atoms with Gasteiger partial charge < -0.3 is 9.88 Å². The van der Waals surface area contributed by atoms with Gasteiger partial charge in [0.25, 0.3) is 0 Å². The van der Waals surface area contributed by atoms with Gasteiger partial charge in [-0.3, -0.25) is 0 Å². The first-order valence-corrected chi connectivity index (χ1v) is 7.39. The van der Waals surface area contributed by atoms with E-state index in [0.717, 1.165) is 28.8 Å². The lowest BCUT2D eigenvalue weighted by molar-refractivity contribution is 0.524. The highest BCUT2D eigenvalue weighted by molar-refractivity contribution is 6.30. The molecule has 1 N–H and O–H groups in total. The smallest absolute Gasteiger partial charge is 0.203 e. The van der Waals surface area contributed by atoms with Crippen molar-refractivity contribution in [3.05, 3.63) is 46.7 Å². The van der Waals surface area contributed by atoms with Crippen molar-refractivity contribution < 1.29 is 0 Å². The fraction of sp³-hybridized carbons (Fsp3) is 0.438. The summed E-state index contributed by atoms with van der Waals surface area (Å²) < 4.78 is 2.18. The second kappa shape index (κ2) is 6.31. The molecular weight excluding hydrogens is 270 g/mol. The summed E-state index contributed by atoms with van der Waals surface area (Å²) in [7, 11) is 0. The first-order valence-electron chi connectivity index (χ1n) is 7.01. The van der Waals surface area contributed by atoms with Crippen molar-refractivity contribution in [2.45, 2.75) is 40.3 Å². The van der Waals surface area contributed by atoms with Gasteiger partial charge in [0.1, 0.15) is 0 Å². The second-order valence-electron chi connectivity index (χ2n) is 5.67. The van der Waals surface area contributed by atoms with Gasteiger partial charge in [-0.2, -0.15) is 0 Å². The molecule has 0 fully saturated rings. The Hall–Kier alpha value is -1.48. The lowest BCUT2D eigenvalue weighted by Crippen LogP contribution is -2.13. The molecule has 1 aromatic heterocycles. The van der Waals surface area contributed by atoms with E-state index in [2.05, 4.69) is 47.9 Å². The summed E-state index contributed by atoms with van der Waals surface area (Å²) in [4.78, 5) is 4.57. The molecule has 2 rings (SSSR count). The highest BCUT2D eigenvalue weighted by Crippen LogP contribution is 2.22. The average molecular weight is 292 g/mol. The van der Waals surface area contributed by atoms with E-state index in [1.165, 1.54) is 0 Å². The fourth-order valence-corrected chi connectivity index (χ4v) is 2.45. The molecule has 0 spiro atoms. The molecule has 20 heavy (non-hydrogen) atoms. The van der Waals surface area contributed by atoms with Crippen LogP contribution in [0.5, 0.6) is 0 Å². The minimum atomic E-state index is 0.168. The summed E-state index contributed by atoms with van der Waals surface area (Å²) >= 11 is 6.05. The number of nitrogens with zero attached hydrogens (tertiary/aromatic N) is 2. The quantitative estimate of drug-likeness (QED) is 0.867. The van der Waals surface area contributed by atoms with Crippen molar-refractivity contribution in [3.8, 4) is 0 Å². The van der Waals surface area contributed by atoms with E-state index in [1.54, 1.807) is 0 Å². The fourth-order valence-electron chi connectivity index (χ4n) is 2.25. The zero-order valence-corrected chi connectivity index (χ0v) is 13.3. The van der Waals surface area contributed by atoms with E-state index in [-0.39, 0.29) is 6.04 Å². The zero-order chi connectivity index (χ0) is 14.7. The predicted molar refractivity (Wildman–Crippen MR) is 85.3 cm³/mol. The Labute approximate surface area is 126 Å². The van der Waals surface area contributed by atoms with Crippen LogP contribution in [-0.4, -0.2) is 9.55 Å². The van der Waals surface area contributed by atoms with Gasteiger partial charge in [-0.05, 0) is 37.5 Å². The third-order valence-electron chi connectivity index (χ3n) is 3.15. The monoisotopic (exact) mass is 291 g/mol. The van der Waals surface area contributed by atoms with Crippen molar-refractivity contribution in [2.75, 3.05) is 5.32 Å². The van der Waals surface area contributed by atoms with Crippen molar-refractivity contribution >= 4 is 17.5 Å². The second-order valence-corrected chi connectivity index (χ2v) is 6.11. The maximum absolute atomic E-state index is 6.05. The number of halogens is 1. The third-order valence-corrected chi connectivity index (χ3v) is 3.39. The first kappa shape index (κ1) is 14.9. The Kier molecular flexibility index (Phi) is 4.71. The maximum atomic E-state index is 6.05. The largest absolute Gasteiger partial charge is 0.349 e. The molecule has 3 nitrogen and oxygen atoms in total. The molecule has 0 aliphatic rings. The van der Waals surface area contributed by atoms with Gasteiger partial charge in [-0.25, -0.2) is 4.98 Å². The molecule has 1 unspecified atom stereocenters. The van der Waals surface area contributed by atoms with Gasteiger partial charge >= 0.3 is 0 Å². The van der Waals surface area contributed by atoms with E-state index >= 15 is 0 Å². The number of benzene rings is 1. The molecule has 4 heteroatoms. The third kappa shape index (κ3) is 3.76. The van der Waals surface area contributed by atoms with Gasteiger partial charge in [0, 0.05) is 17.8 Å². The van der Waals surface area contributed by atoms with Crippen LogP contribution in [0.25, 0.3) is 0 Å². The Bertz CT molecular complexity index is 575. The van der Waals surface area contributed by atoms with Crippen LogP contribution < -0.4 is 5.32 Å². The molecular formula is C16H22ClN3. The van der Waals surface area contributed by atoms with Crippen molar-refractivity contribution in [2.24, 2.45) is 5.92 Å². The molecule has 0 aliphatic heterocycles. The number of aromatic nitrogens is 2. The lowest BCUT2D eigenvalue weighted by Gasteiger charge is -2.17. The van der Waals surface area contributed by atoms with Crippen molar-refractivity contribution in [1.29, 1.82) is 0 Å². The van der Waals surface area contributed by atoms with E-state index in [9.17, 15) is 0 Å². The standard InChI is InChI=1S/C16H22ClN3/c1-11(2)9-20-10-12(3)18-16(20)19-13(4)14-6-5-7-15(17)8-14/h5-8,10-11,13H,9H2,1-4H3,(H,18,19). The topological polar surface area (TPSA) is 29.9 Å². The number of imidazole rings is 1. The Balaban J connectivity index is 2.17. The van der Waals surface area contributed by atoms with Gasteiger partial charge in [0.2, 0.25) is 5.95 Å². The van der Waals surface area contributed by atoms with E-state index in [0.29, 0.717) is 5.92 Å². The molecule has 0 radical (unpaired) electrons. The Morgan fingerprint density at radius 2 is 2.05 bits per heavy atom. The van der Waals surface area contributed by atoms with Crippen LogP contribution in [-0.2, 0) is 6.54 Å². The number of hydrogen-bond acceptors (Lipinski definition) is 2. The molecule has 1 heterocycles. The maximum Gasteiger partial charge on any atom is 0.203 e. The van der Waals surface area contributed by atoms with E-state index < -0.39 is 0 Å². The summed E-state index contributed by atoms with van der Waals surface area (Å²) in [6, 6.07) is 8.10. The Morgan fingerprint density at radius 3 is 2.70 bits per heavy atom. The predicted octanol–water partition coefficient (Wildman–Crippen LogP) is 4.67. The highest BCUT2D eigenvalue weighted by Gasteiger charge is 2.11. The average Bonchev–Trinajstić information content (AvgIpc) is 2.68. The normalized spacial score (nSPS) is 12.7. The molecule has 0 saturated carbocycles. The van der Waals surface area contributed by atoms with Gasteiger partial charge in [-0.15, -0.1) is 0 Å². The van der Waals surface area contributed by atoms with Crippen LogP contribution in [0.2, 0.25) is 5.02 Å². The summed E-state index contributed by atoms with van der Waals surface area (Å²) in [5, 5.41) is 4.24. The van der Waals surface area contributed by atoms with Crippen LogP contribution in [0.1, 0.15) is 38.1 Å².